The molecule has 1 fully saturated rings. The predicted octanol–water partition coefficient (Wildman–Crippen LogP) is 4.01. The molecule has 0 radical (unpaired) electrons. The Kier molecular flexibility index (Phi) is 2.98. The van der Waals surface area contributed by atoms with E-state index in [1.807, 2.05) is 13.0 Å². The first-order valence-corrected chi connectivity index (χ1v) is 9.82. The topological polar surface area (TPSA) is 72.8 Å². The van der Waals surface area contributed by atoms with Crippen LogP contribution in [0.5, 0.6) is 17.2 Å². The van der Waals surface area contributed by atoms with E-state index >= 15 is 0 Å². The number of hydrogen-bond donors (Lipinski definition) is 1. The van der Waals surface area contributed by atoms with Gasteiger partial charge >= 0.3 is 0 Å². The van der Waals surface area contributed by atoms with Crippen LogP contribution in [0.3, 0.4) is 0 Å². The van der Waals surface area contributed by atoms with Crippen molar-refractivity contribution in [2.75, 3.05) is 7.11 Å². The van der Waals surface area contributed by atoms with Crippen LogP contribution in [0.25, 0.3) is 10.8 Å². The quantitative estimate of drug-likeness (QED) is 0.762. The molecule has 3 aliphatic carbocycles. The third-order valence-corrected chi connectivity index (χ3v) is 7.01. The molecule has 2 bridgehead atoms. The van der Waals surface area contributed by atoms with Crippen molar-refractivity contribution in [1.82, 2.24) is 0 Å². The number of rotatable bonds is 1. The standard InChI is InChI=1S/C23H20O5/c1-9-5-14(24)20-15(27-2)8-12-7-13-16-10-3-4-11(6-10)17(16)21(25)19(13)22(26)18(12)23(20)28-9/h3-4,7-11,16-17,26H,5-6H2,1-2H3/t9?,10-,11+,16+,17+/m1/s1. The largest absolute Gasteiger partial charge is 0.506 e. The van der Waals surface area contributed by atoms with Gasteiger partial charge in [-0.3, -0.25) is 9.59 Å². The summed E-state index contributed by atoms with van der Waals surface area (Å²) >= 11 is 0. The minimum atomic E-state index is -0.293. The van der Waals surface area contributed by atoms with Crippen molar-refractivity contribution < 1.29 is 24.2 Å². The number of aromatic hydroxyl groups is 1. The van der Waals surface area contributed by atoms with Gasteiger partial charge in [-0.15, -0.1) is 0 Å². The molecule has 5 nitrogen and oxygen atoms in total. The van der Waals surface area contributed by atoms with Gasteiger partial charge in [0.15, 0.2) is 11.6 Å². The molecule has 6 rings (SSSR count). The normalized spacial score (nSPS) is 31.7. The SMILES string of the molecule is COc1cc2cc3c(c(O)c2c2c1C(=O)CC(C)O2)C(=O)[C@@H]1[C@H]3[C@@H]2C=C[C@H]1C2. The third kappa shape index (κ3) is 1.77. The van der Waals surface area contributed by atoms with Gasteiger partial charge in [-0.1, -0.05) is 12.2 Å². The molecule has 1 N–H and O–H groups in total. The van der Waals surface area contributed by atoms with E-state index in [1.165, 1.54) is 7.11 Å². The molecule has 5 heteroatoms. The van der Waals surface area contributed by atoms with Gasteiger partial charge in [-0.25, -0.2) is 0 Å². The number of phenols is 1. The summed E-state index contributed by atoms with van der Waals surface area (Å²) in [4.78, 5) is 25.9. The number of ketones is 2. The van der Waals surface area contributed by atoms with E-state index in [2.05, 4.69) is 12.2 Å². The molecule has 1 heterocycles. The summed E-state index contributed by atoms with van der Waals surface area (Å²) in [6.45, 7) is 1.83. The summed E-state index contributed by atoms with van der Waals surface area (Å²) in [6, 6.07) is 3.78. The van der Waals surface area contributed by atoms with Crippen molar-refractivity contribution >= 4 is 22.3 Å². The number of carbonyl (C=O) groups is 2. The van der Waals surface area contributed by atoms with Crippen LogP contribution < -0.4 is 9.47 Å². The summed E-state index contributed by atoms with van der Waals surface area (Å²) in [5.74, 6) is 1.37. The van der Waals surface area contributed by atoms with Gasteiger partial charge in [0.25, 0.3) is 0 Å². The molecule has 0 spiro atoms. The average molecular weight is 376 g/mol. The molecule has 5 atom stereocenters. The average Bonchev–Trinajstić information content (AvgIpc) is 3.34. The summed E-state index contributed by atoms with van der Waals surface area (Å²) in [7, 11) is 1.53. The fourth-order valence-electron chi connectivity index (χ4n) is 5.95. The zero-order valence-corrected chi connectivity index (χ0v) is 15.7. The highest BCUT2D eigenvalue weighted by molar-refractivity contribution is 6.15. The maximum Gasteiger partial charge on any atom is 0.174 e. The first-order valence-electron chi connectivity index (χ1n) is 9.82. The van der Waals surface area contributed by atoms with Crippen molar-refractivity contribution in [3.8, 4) is 17.2 Å². The van der Waals surface area contributed by atoms with Crippen LogP contribution in [0, 0.1) is 17.8 Å². The number of methoxy groups -OCH3 is 1. The lowest BCUT2D eigenvalue weighted by Crippen LogP contribution is -2.24. The van der Waals surface area contributed by atoms with Gasteiger partial charge in [0.05, 0.1) is 18.1 Å². The molecule has 1 saturated carbocycles. The van der Waals surface area contributed by atoms with Crippen LogP contribution in [0.4, 0.5) is 0 Å². The first kappa shape index (κ1) is 16.2. The van der Waals surface area contributed by atoms with Crippen LogP contribution in [-0.4, -0.2) is 29.9 Å². The summed E-state index contributed by atoms with van der Waals surface area (Å²) in [5, 5.41) is 12.4. The van der Waals surface area contributed by atoms with Crippen LogP contribution in [0.15, 0.2) is 24.3 Å². The molecule has 2 aromatic carbocycles. The summed E-state index contributed by atoms with van der Waals surface area (Å²) in [5.41, 5.74) is 1.70. The predicted molar refractivity (Wildman–Crippen MR) is 103 cm³/mol. The molecular weight excluding hydrogens is 356 g/mol. The highest BCUT2D eigenvalue weighted by Gasteiger charge is 2.55. The van der Waals surface area contributed by atoms with E-state index in [1.54, 1.807) is 6.07 Å². The monoisotopic (exact) mass is 376 g/mol. The lowest BCUT2D eigenvalue weighted by molar-refractivity contribution is 0.0868. The number of benzene rings is 2. The minimum Gasteiger partial charge on any atom is -0.506 e. The number of carbonyl (C=O) groups excluding carboxylic acids is 2. The van der Waals surface area contributed by atoms with Gasteiger partial charge < -0.3 is 14.6 Å². The Morgan fingerprint density at radius 1 is 1.11 bits per heavy atom. The van der Waals surface area contributed by atoms with E-state index in [9.17, 15) is 14.7 Å². The number of hydrogen-bond acceptors (Lipinski definition) is 5. The molecule has 0 aromatic heterocycles. The van der Waals surface area contributed by atoms with Crippen LogP contribution in [0.2, 0.25) is 0 Å². The molecule has 28 heavy (non-hydrogen) atoms. The Hall–Kier alpha value is -2.82. The van der Waals surface area contributed by atoms with Gasteiger partial charge in [-0.05, 0) is 48.3 Å². The number of allylic oxidation sites excluding steroid dienone is 2. The first-order chi connectivity index (χ1) is 13.5. The smallest absolute Gasteiger partial charge is 0.174 e. The Labute approximate surface area is 161 Å². The number of Topliss-reactive ketones (excluding diaryl/α,β-unsaturated/α-hetero) is 2. The van der Waals surface area contributed by atoms with Gasteiger partial charge in [0.2, 0.25) is 0 Å². The van der Waals surface area contributed by atoms with Crippen LogP contribution >= 0.6 is 0 Å². The third-order valence-electron chi connectivity index (χ3n) is 7.01. The van der Waals surface area contributed by atoms with Gasteiger partial charge in [0.1, 0.15) is 28.9 Å². The maximum absolute atomic E-state index is 13.2. The Morgan fingerprint density at radius 3 is 2.61 bits per heavy atom. The van der Waals surface area contributed by atoms with Crippen molar-refractivity contribution in [2.24, 2.45) is 17.8 Å². The molecule has 2 aromatic rings. The number of phenolic OH excluding ortho intramolecular Hbond substituents is 1. The molecule has 142 valence electrons. The summed E-state index contributed by atoms with van der Waals surface area (Å²) < 4.78 is 11.5. The van der Waals surface area contributed by atoms with E-state index in [-0.39, 0.29) is 47.6 Å². The van der Waals surface area contributed by atoms with E-state index in [0.29, 0.717) is 33.9 Å². The maximum atomic E-state index is 13.2. The molecular formula is C23H20O5. The van der Waals surface area contributed by atoms with Crippen LogP contribution in [-0.2, 0) is 0 Å². The highest BCUT2D eigenvalue weighted by Crippen LogP contribution is 2.61. The highest BCUT2D eigenvalue weighted by atomic mass is 16.5. The Balaban J connectivity index is 1.68. The molecule has 0 saturated heterocycles. The minimum absolute atomic E-state index is 0.0241. The van der Waals surface area contributed by atoms with Crippen molar-refractivity contribution in [2.45, 2.75) is 31.8 Å². The van der Waals surface area contributed by atoms with Gasteiger partial charge in [-0.2, -0.15) is 0 Å². The zero-order valence-electron chi connectivity index (χ0n) is 15.7. The second-order valence-electron chi connectivity index (χ2n) is 8.49. The number of ether oxygens (including phenoxy) is 2. The molecule has 1 unspecified atom stereocenters. The fourth-order valence-corrected chi connectivity index (χ4v) is 5.95. The van der Waals surface area contributed by atoms with E-state index in [4.69, 9.17) is 9.47 Å². The lowest BCUT2D eigenvalue weighted by Gasteiger charge is -2.26. The zero-order chi connectivity index (χ0) is 19.3. The Bertz CT molecular complexity index is 1130. The lowest BCUT2D eigenvalue weighted by atomic mass is 9.83. The fraction of sp³-hybridized carbons (Fsp3) is 0.391. The van der Waals surface area contributed by atoms with Crippen LogP contribution in [0.1, 0.15) is 52.0 Å². The second kappa shape index (κ2) is 5.16. The molecule has 4 aliphatic rings. The molecule has 1 aliphatic heterocycles. The van der Waals surface area contributed by atoms with Crippen molar-refractivity contribution in [1.29, 1.82) is 0 Å². The van der Waals surface area contributed by atoms with E-state index in [0.717, 1.165) is 17.4 Å². The van der Waals surface area contributed by atoms with Gasteiger partial charge in [0, 0.05) is 18.3 Å². The number of fused-ring (bicyclic) bond motifs is 10. The Morgan fingerprint density at radius 2 is 1.86 bits per heavy atom. The molecule has 0 amide bonds. The summed E-state index contributed by atoms with van der Waals surface area (Å²) in [6.07, 6.45) is 5.35. The van der Waals surface area contributed by atoms with Crippen molar-refractivity contribution in [3.63, 3.8) is 0 Å². The second-order valence-corrected chi connectivity index (χ2v) is 8.49. The van der Waals surface area contributed by atoms with E-state index < -0.39 is 0 Å². The van der Waals surface area contributed by atoms with Crippen molar-refractivity contribution in [3.05, 3.63) is 41.0 Å².